The zero-order valence-corrected chi connectivity index (χ0v) is 20.1. The predicted molar refractivity (Wildman–Crippen MR) is 133 cm³/mol. The zero-order valence-electron chi connectivity index (χ0n) is 18.5. The molecule has 2 heterocycles. The van der Waals surface area contributed by atoms with Gasteiger partial charge in [0.1, 0.15) is 5.75 Å². The minimum atomic E-state index is -3.68. The number of aryl methyl sites for hydroxylation is 1. The van der Waals surface area contributed by atoms with Gasteiger partial charge in [0.05, 0.1) is 16.3 Å². The van der Waals surface area contributed by atoms with Gasteiger partial charge >= 0.3 is 0 Å². The van der Waals surface area contributed by atoms with Crippen molar-refractivity contribution in [3.8, 4) is 17.0 Å². The van der Waals surface area contributed by atoms with Crippen molar-refractivity contribution in [3.63, 3.8) is 0 Å². The van der Waals surface area contributed by atoms with Gasteiger partial charge in [-0.2, -0.15) is 0 Å². The number of amides is 1. The number of hydrogen-bond donors (Lipinski definition) is 1. The Morgan fingerprint density at radius 1 is 1.09 bits per heavy atom. The van der Waals surface area contributed by atoms with E-state index in [1.807, 2.05) is 24.4 Å². The van der Waals surface area contributed by atoms with E-state index < -0.39 is 10.0 Å². The molecule has 0 aliphatic rings. The molecule has 0 fully saturated rings. The maximum absolute atomic E-state index is 12.8. The number of nitrogens with zero attached hydrogens (tertiary/aromatic N) is 3. The molecule has 1 N–H and O–H groups in total. The highest BCUT2D eigenvalue weighted by Crippen LogP contribution is 2.26. The maximum Gasteiger partial charge on any atom is 0.264 e. The van der Waals surface area contributed by atoms with E-state index in [1.54, 1.807) is 60.9 Å². The highest BCUT2D eigenvalue weighted by atomic mass is 32.2. The molecule has 0 saturated carbocycles. The van der Waals surface area contributed by atoms with Crippen LogP contribution in [0.5, 0.6) is 5.75 Å². The Hall–Kier alpha value is -3.76. The van der Waals surface area contributed by atoms with Gasteiger partial charge in [-0.15, -0.1) is 11.3 Å². The molecular formula is C24H22N4O4S2. The van der Waals surface area contributed by atoms with Crippen LogP contribution in [0.25, 0.3) is 11.3 Å². The normalized spacial score (nSPS) is 11.1. The van der Waals surface area contributed by atoms with E-state index in [1.165, 1.54) is 22.7 Å². The van der Waals surface area contributed by atoms with Crippen molar-refractivity contribution in [2.75, 3.05) is 23.3 Å². The number of ether oxygens (including phenoxy) is 1. The molecule has 0 unspecified atom stereocenters. The highest BCUT2D eigenvalue weighted by molar-refractivity contribution is 7.92. The van der Waals surface area contributed by atoms with Crippen molar-refractivity contribution in [2.24, 2.45) is 0 Å². The predicted octanol–water partition coefficient (Wildman–Crippen LogP) is 4.36. The number of anilines is 2. The Balaban J connectivity index is 1.33. The van der Waals surface area contributed by atoms with E-state index in [0.717, 1.165) is 16.8 Å². The van der Waals surface area contributed by atoms with Crippen molar-refractivity contribution in [3.05, 3.63) is 84.0 Å². The van der Waals surface area contributed by atoms with Gasteiger partial charge in [0.2, 0.25) is 0 Å². The van der Waals surface area contributed by atoms with Crippen LogP contribution in [-0.2, 0) is 14.8 Å². The van der Waals surface area contributed by atoms with E-state index in [2.05, 4.69) is 15.3 Å². The summed E-state index contributed by atoms with van der Waals surface area (Å²) in [6, 6.07) is 16.9. The minimum Gasteiger partial charge on any atom is -0.484 e. The lowest BCUT2D eigenvalue weighted by Gasteiger charge is -2.20. The number of pyridine rings is 1. The fourth-order valence-electron chi connectivity index (χ4n) is 3.04. The molecule has 0 atom stereocenters. The number of thiazole rings is 1. The van der Waals surface area contributed by atoms with Gasteiger partial charge in [-0.25, -0.2) is 13.4 Å². The van der Waals surface area contributed by atoms with Gasteiger partial charge < -0.3 is 4.74 Å². The maximum atomic E-state index is 12.8. The van der Waals surface area contributed by atoms with Crippen LogP contribution in [-0.4, -0.2) is 37.9 Å². The van der Waals surface area contributed by atoms with Gasteiger partial charge in [0.25, 0.3) is 15.9 Å². The number of nitrogens with one attached hydrogen (secondary N) is 1. The van der Waals surface area contributed by atoms with Crippen LogP contribution in [0, 0.1) is 6.92 Å². The summed E-state index contributed by atoms with van der Waals surface area (Å²) in [5.74, 6) is 0.0884. The summed E-state index contributed by atoms with van der Waals surface area (Å²) < 4.78 is 32.4. The number of hydrogen-bond acceptors (Lipinski definition) is 7. The summed E-state index contributed by atoms with van der Waals surface area (Å²) in [6.07, 6.45) is 3.39. The van der Waals surface area contributed by atoms with Crippen molar-refractivity contribution >= 4 is 38.1 Å². The summed E-state index contributed by atoms with van der Waals surface area (Å²) in [5.41, 5.74) is 3.05. The molecule has 0 saturated heterocycles. The molecule has 0 radical (unpaired) electrons. The molecule has 2 aromatic carbocycles. The quantitative estimate of drug-likeness (QED) is 0.391. The number of benzene rings is 2. The van der Waals surface area contributed by atoms with Gasteiger partial charge in [0.15, 0.2) is 11.7 Å². The second-order valence-corrected chi connectivity index (χ2v) is 10.2. The Morgan fingerprint density at radius 3 is 2.50 bits per heavy atom. The summed E-state index contributed by atoms with van der Waals surface area (Å²) >= 11 is 1.31. The molecule has 2 aromatic heterocycles. The average Bonchev–Trinajstić information content (AvgIpc) is 3.32. The summed E-state index contributed by atoms with van der Waals surface area (Å²) in [5, 5.41) is 5.01. The second kappa shape index (κ2) is 10.0. The SMILES string of the molecule is Cc1ccc(S(=O)(=O)N(C)c2ccc(OCC(=O)Nc3nc(-c4cccnc4)cs3)cc2)cc1. The molecule has 34 heavy (non-hydrogen) atoms. The van der Waals surface area contributed by atoms with Crippen LogP contribution < -0.4 is 14.4 Å². The zero-order chi connectivity index (χ0) is 24.1. The number of carbonyl (C=O) groups is 1. The third-order valence-corrected chi connectivity index (χ3v) is 7.51. The Morgan fingerprint density at radius 2 is 1.82 bits per heavy atom. The van der Waals surface area contributed by atoms with Crippen LogP contribution in [0.1, 0.15) is 5.56 Å². The molecule has 10 heteroatoms. The van der Waals surface area contributed by atoms with E-state index in [0.29, 0.717) is 16.6 Å². The molecule has 1 amide bonds. The summed E-state index contributed by atoms with van der Waals surface area (Å²) in [4.78, 5) is 20.9. The standard InChI is InChI=1S/C24H22N4O4S2/c1-17-5-11-21(12-6-17)34(30,31)28(2)19-7-9-20(10-8-19)32-15-23(29)27-24-26-22(16-33-24)18-4-3-13-25-14-18/h3-14,16H,15H2,1-2H3,(H,26,27,29). The van der Waals surface area contributed by atoms with E-state index in [-0.39, 0.29) is 17.4 Å². The van der Waals surface area contributed by atoms with Gasteiger partial charge in [-0.05, 0) is 55.5 Å². The number of aromatic nitrogens is 2. The lowest BCUT2D eigenvalue weighted by molar-refractivity contribution is -0.118. The molecule has 0 spiro atoms. The molecule has 8 nitrogen and oxygen atoms in total. The molecule has 0 aliphatic heterocycles. The Labute approximate surface area is 201 Å². The Bertz CT molecular complexity index is 1370. The molecule has 4 aromatic rings. The van der Waals surface area contributed by atoms with E-state index >= 15 is 0 Å². The smallest absolute Gasteiger partial charge is 0.264 e. The lowest BCUT2D eigenvalue weighted by atomic mass is 10.2. The van der Waals surface area contributed by atoms with Gasteiger partial charge in [0, 0.05) is 30.4 Å². The number of sulfonamides is 1. The van der Waals surface area contributed by atoms with Gasteiger partial charge in [-0.1, -0.05) is 17.7 Å². The van der Waals surface area contributed by atoms with Crippen molar-refractivity contribution < 1.29 is 17.9 Å². The minimum absolute atomic E-state index is 0.210. The third kappa shape index (κ3) is 5.41. The first kappa shape index (κ1) is 23.4. The number of carbonyl (C=O) groups excluding carboxylic acids is 1. The molecular weight excluding hydrogens is 472 g/mol. The molecule has 0 aliphatic carbocycles. The second-order valence-electron chi connectivity index (χ2n) is 7.40. The third-order valence-electron chi connectivity index (χ3n) is 4.96. The largest absolute Gasteiger partial charge is 0.484 e. The van der Waals surface area contributed by atoms with E-state index in [9.17, 15) is 13.2 Å². The topological polar surface area (TPSA) is 101 Å². The number of rotatable bonds is 8. The van der Waals surface area contributed by atoms with Crippen LogP contribution in [0.15, 0.2) is 83.3 Å². The van der Waals surface area contributed by atoms with Crippen LogP contribution in [0.2, 0.25) is 0 Å². The summed E-state index contributed by atoms with van der Waals surface area (Å²) in [7, 11) is -2.19. The highest BCUT2D eigenvalue weighted by Gasteiger charge is 2.21. The Kier molecular flexibility index (Phi) is 6.90. The first-order chi connectivity index (χ1) is 16.3. The fraction of sp³-hybridized carbons (Fsp3) is 0.125. The van der Waals surface area contributed by atoms with Crippen molar-refractivity contribution in [1.29, 1.82) is 0 Å². The van der Waals surface area contributed by atoms with Crippen LogP contribution >= 0.6 is 11.3 Å². The molecule has 4 rings (SSSR count). The average molecular weight is 495 g/mol. The first-order valence-electron chi connectivity index (χ1n) is 10.3. The van der Waals surface area contributed by atoms with Crippen molar-refractivity contribution in [1.82, 2.24) is 9.97 Å². The van der Waals surface area contributed by atoms with Crippen LogP contribution in [0.3, 0.4) is 0 Å². The monoisotopic (exact) mass is 494 g/mol. The fourth-order valence-corrected chi connectivity index (χ4v) is 4.97. The van der Waals surface area contributed by atoms with Gasteiger partial charge in [-0.3, -0.25) is 19.4 Å². The van der Waals surface area contributed by atoms with E-state index in [4.69, 9.17) is 4.74 Å². The molecule has 0 bridgehead atoms. The molecule has 174 valence electrons. The lowest BCUT2D eigenvalue weighted by Crippen LogP contribution is -2.26. The summed E-state index contributed by atoms with van der Waals surface area (Å²) in [6.45, 7) is 1.69. The first-order valence-corrected chi connectivity index (χ1v) is 12.6. The van der Waals surface area contributed by atoms with Crippen LogP contribution in [0.4, 0.5) is 10.8 Å². The van der Waals surface area contributed by atoms with Crippen molar-refractivity contribution in [2.45, 2.75) is 11.8 Å².